The molecule has 1 aromatic rings. The molecular formula is C16H23Cl2N3O2. The molecule has 2 rings (SSSR count). The van der Waals surface area contributed by atoms with E-state index < -0.39 is 0 Å². The first-order valence-corrected chi connectivity index (χ1v) is 8.77. The zero-order valence-corrected chi connectivity index (χ0v) is 15.1. The van der Waals surface area contributed by atoms with Crippen LogP contribution in [-0.2, 0) is 4.79 Å². The Morgan fingerprint density at radius 2 is 2.00 bits per heavy atom. The van der Waals surface area contributed by atoms with Crippen molar-refractivity contribution < 1.29 is 9.59 Å². The summed E-state index contributed by atoms with van der Waals surface area (Å²) in [4.78, 5) is 31.1. The molecule has 0 saturated carbocycles. The number of halogens is 2. The number of hydrogen-bond donors (Lipinski definition) is 1. The average molecular weight is 360 g/mol. The molecule has 0 unspecified atom stereocenters. The van der Waals surface area contributed by atoms with Crippen LogP contribution < -0.4 is 0 Å². The van der Waals surface area contributed by atoms with Crippen LogP contribution in [0.5, 0.6) is 0 Å². The number of nitrogens with one attached hydrogen (secondary N) is 1. The molecule has 0 bridgehead atoms. The SMILES string of the molecule is CCCCN(C)C(=O)C1CCN(C(=O)c2cc(Cl)c(Cl)[nH]2)CC1. The van der Waals surface area contributed by atoms with Gasteiger partial charge in [0.2, 0.25) is 5.91 Å². The molecule has 7 heteroatoms. The summed E-state index contributed by atoms with van der Waals surface area (Å²) in [6.45, 7) is 4.06. The molecule has 1 saturated heterocycles. The first-order chi connectivity index (χ1) is 10.9. The quantitative estimate of drug-likeness (QED) is 0.875. The topological polar surface area (TPSA) is 56.4 Å². The molecule has 1 N–H and O–H groups in total. The van der Waals surface area contributed by atoms with Crippen LogP contribution in [0, 0.1) is 5.92 Å². The minimum absolute atomic E-state index is 0.0109. The van der Waals surface area contributed by atoms with Gasteiger partial charge in [-0.05, 0) is 25.3 Å². The number of likely N-dealkylation sites (tertiary alicyclic amines) is 1. The third-order valence-electron chi connectivity index (χ3n) is 4.31. The van der Waals surface area contributed by atoms with Crippen LogP contribution in [0.25, 0.3) is 0 Å². The van der Waals surface area contributed by atoms with Crippen LogP contribution in [0.4, 0.5) is 0 Å². The fourth-order valence-electron chi connectivity index (χ4n) is 2.84. The third kappa shape index (κ3) is 4.42. The monoisotopic (exact) mass is 359 g/mol. The molecule has 1 aromatic heterocycles. The van der Waals surface area contributed by atoms with Crippen LogP contribution >= 0.6 is 23.2 Å². The van der Waals surface area contributed by atoms with Crippen LogP contribution in [0.1, 0.15) is 43.1 Å². The molecule has 0 aromatic carbocycles. The minimum Gasteiger partial charge on any atom is -0.346 e. The first-order valence-electron chi connectivity index (χ1n) is 8.02. The highest BCUT2D eigenvalue weighted by Crippen LogP contribution is 2.25. The van der Waals surface area contributed by atoms with Crippen LogP contribution in [-0.4, -0.2) is 53.3 Å². The standard InChI is InChI=1S/C16H23Cl2N3O2/c1-3-4-7-20(2)15(22)11-5-8-21(9-6-11)16(23)13-10-12(17)14(18)19-13/h10-11,19H,3-9H2,1-2H3. The van der Waals surface area contributed by atoms with Gasteiger partial charge in [0, 0.05) is 32.6 Å². The third-order valence-corrected chi connectivity index (χ3v) is 5.00. The summed E-state index contributed by atoms with van der Waals surface area (Å²) >= 11 is 11.7. The highest BCUT2D eigenvalue weighted by atomic mass is 35.5. The van der Waals surface area contributed by atoms with Crippen molar-refractivity contribution in [2.75, 3.05) is 26.7 Å². The summed E-state index contributed by atoms with van der Waals surface area (Å²) in [5.41, 5.74) is 0.393. The van der Waals surface area contributed by atoms with Crippen LogP contribution in [0.3, 0.4) is 0 Å². The molecule has 1 fully saturated rings. The second-order valence-corrected chi connectivity index (χ2v) is 6.81. The molecule has 1 aliphatic rings. The predicted molar refractivity (Wildman–Crippen MR) is 92.0 cm³/mol. The number of unbranched alkanes of at least 4 members (excludes halogenated alkanes) is 1. The zero-order valence-electron chi connectivity index (χ0n) is 13.6. The lowest BCUT2D eigenvalue weighted by atomic mass is 9.95. The summed E-state index contributed by atoms with van der Waals surface area (Å²) in [6.07, 6.45) is 3.49. The van der Waals surface area contributed by atoms with E-state index in [1.165, 1.54) is 0 Å². The molecule has 0 spiro atoms. The van der Waals surface area contributed by atoms with Crippen molar-refractivity contribution in [2.24, 2.45) is 5.92 Å². The van der Waals surface area contributed by atoms with Crippen molar-refractivity contribution in [1.29, 1.82) is 0 Å². The molecule has 128 valence electrons. The number of H-pyrrole nitrogens is 1. The van der Waals surface area contributed by atoms with Gasteiger partial charge in [0.1, 0.15) is 10.8 Å². The van der Waals surface area contributed by atoms with E-state index in [-0.39, 0.29) is 22.9 Å². The zero-order chi connectivity index (χ0) is 17.0. The number of amides is 2. The molecular weight excluding hydrogens is 337 g/mol. The fraction of sp³-hybridized carbons (Fsp3) is 0.625. The van der Waals surface area contributed by atoms with E-state index in [1.807, 2.05) is 11.9 Å². The summed E-state index contributed by atoms with van der Waals surface area (Å²) in [6, 6.07) is 1.54. The minimum atomic E-state index is -0.121. The summed E-state index contributed by atoms with van der Waals surface area (Å²) in [5.74, 6) is 0.0808. The number of aromatic amines is 1. The lowest BCUT2D eigenvalue weighted by molar-refractivity contribution is -0.135. The number of rotatable bonds is 5. The molecule has 2 amide bonds. The Balaban J connectivity index is 1.88. The number of aromatic nitrogens is 1. The maximum Gasteiger partial charge on any atom is 0.270 e. The number of nitrogens with zero attached hydrogens (tertiary/aromatic N) is 2. The lowest BCUT2D eigenvalue weighted by Crippen LogP contribution is -2.43. The highest BCUT2D eigenvalue weighted by molar-refractivity contribution is 6.41. The largest absolute Gasteiger partial charge is 0.346 e. The van der Waals surface area contributed by atoms with Crippen molar-refractivity contribution in [3.63, 3.8) is 0 Å². The van der Waals surface area contributed by atoms with Crippen molar-refractivity contribution in [2.45, 2.75) is 32.6 Å². The van der Waals surface area contributed by atoms with Gasteiger partial charge in [-0.15, -0.1) is 0 Å². The Hall–Kier alpha value is -1.20. The van der Waals surface area contributed by atoms with Gasteiger partial charge in [0.15, 0.2) is 0 Å². The second kappa shape index (κ2) is 8.06. The molecule has 2 heterocycles. The number of hydrogen-bond acceptors (Lipinski definition) is 2. The summed E-state index contributed by atoms with van der Waals surface area (Å²) in [5, 5.41) is 0.621. The maximum absolute atomic E-state index is 12.4. The van der Waals surface area contributed by atoms with E-state index in [1.54, 1.807) is 11.0 Å². The molecule has 0 radical (unpaired) electrons. The Labute approximate surface area is 146 Å². The smallest absolute Gasteiger partial charge is 0.270 e. The fourth-order valence-corrected chi connectivity index (χ4v) is 3.15. The molecule has 5 nitrogen and oxygen atoms in total. The van der Waals surface area contributed by atoms with Crippen LogP contribution in [0.15, 0.2) is 6.07 Å². The van der Waals surface area contributed by atoms with E-state index >= 15 is 0 Å². The van der Waals surface area contributed by atoms with Crippen molar-refractivity contribution >= 4 is 35.0 Å². The van der Waals surface area contributed by atoms with E-state index in [9.17, 15) is 9.59 Å². The van der Waals surface area contributed by atoms with E-state index in [0.717, 1.165) is 19.4 Å². The Morgan fingerprint density at radius 1 is 1.35 bits per heavy atom. The maximum atomic E-state index is 12.4. The Morgan fingerprint density at radius 3 is 2.52 bits per heavy atom. The van der Waals surface area contributed by atoms with Crippen molar-refractivity contribution in [3.05, 3.63) is 21.9 Å². The van der Waals surface area contributed by atoms with Gasteiger partial charge in [-0.1, -0.05) is 36.5 Å². The van der Waals surface area contributed by atoms with Crippen molar-refractivity contribution in [1.82, 2.24) is 14.8 Å². The van der Waals surface area contributed by atoms with Gasteiger partial charge in [0.25, 0.3) is 5.91 Å². The number of carbonyl (C=O) groups excluding carboxylic acids is 2. The van der Waals surface area contributed by atoms with Gasteiger partial charge in [-0.2, -0.15) is 0 Å². The van der Waals surface area contributed by atoms with E-state index in [2.05, 4.69) is 11.9 Å². The Kier molecular flexibility index (Phi) is 6.36. The van der Waals surface area contributed by atoms with Crippen molar-refractivity contribution in [3.8, 4) is 0 Å². The van der Waals surface area contributed by atoms with Crippen LogP contribution in [0.2, 0.25) is 10.2 Å². The first kappa shape index (κ1) is 18.1. The second-order valence-electron chi connectivity index (χ2n) is 6.02. The molecule has 23 heavy (non-hydrogen) atoms. The van der Waals surface area contributed by atoms with Gasteiger partial charge in [0.05, 0.1) is 5.02 Å². The molecule has 1 aliphatic heterocycles. The van der Waals surface area contributed by atoms with Gasteiger partial charge >= 0.3 is 0 Å². The predicted octanol–water partition coefficient (Wildman–Crippen LogP) is 3.43. The highest BCUT2D eigenvalue weighted by Gasteiger charge is 2.30. The van der Waals surface area contributed by atoms with E-state index in [4.69, 9.17) is 23.2 Å². The summed E-state index contributed by atoms with van der Waals surface area (Å²) in [7, 11) is 1.86. The Bertz CT molecular complexity index is 546. The molecule has 0 aliphatic carbocycles. The average Bonchev–Trinajstić information content (AvgIpc) is 2.90. The molecule has 0 atom stereocenters. The lowest BCUT2D eigenvalue weighted by Gasteiger charge is -2.33. The van der Waals surface area contributed by atoms with E-state index in [0.29, 0.717) is 36.6 Å². The normalized spacial score (nSPS) is 15.7. The number of carbonyl (C=O) groups is 2. The summed E-state index contributed by atoms with van der Waals surface area (Å²) < 4.78 is 0. The van der Waals surface area contributed by atoms with Gasteiger partial charge in [-0.25, -0.2) is 0 Å². The number of piperidine rings is 1. The van der Waals surface area contributed by atoms with Gasteiger partial charge < -0.3 is 14.8 Å². The van der Waals surface area contributed by atoms with Gasteiger partial charge in [-0.3, -0.25) is 9.59 Å².